The molecule has 1 aliphatic carbocycles. The quantitative estimate of drug-likeness (QED) is 0.479. The molecule has 2 heteroatoms. The molecular formula is C15H21NO. The zero-order valence-electron chi connectivity index (χ0n) is 10.7. The second-order valence-corrected chi connectivity index (χ2v) is 5.34. The summed E-state index contributed by atoms with van der Waals surface area (Å²) in [6.45, 7) is 4.28. The Morgan fingerprint density at radius 1 is 1.24 bits per heavy atom. The van der Waals surface area contributed by atoms with E-state index in [0.29, 0.717) is 5.92 Å². The minimum atomic E-state index is 0.511. The van der Waals surface area contributed by atoms with Gasteiger partial charge >= 0.3 is 0 Å². The van der Waals surface area contributed by atoms with E-state index in [2.05, 4.69) is 37.2 Å². The molecule has 0 amide bonds. The van der Waals surface area contributed by atoms with Crippen LogP contribution in [0.5, 0.6) is 0 Å². The molecule has 0 aliphatic heterocycles. The van der Waals surface area contributed by atoms with Gasteiger partial charge in [-0.3, -0.25) is 0 Å². The Balaban J connectivity index is 2.26. The first-order chi connectivity index (χ1) is 8.20. The Kier molecular flexibility index (Phi) is 3.82. The SMILES string of the molecule is CC(C)CC(=NO)c1ccc2c(c1)CCCC2. The van der Waals surface area contributed by atoms with Crippen molar-refractivity contribution in [1.29, 1.82) is 0 Å². The first-order valence-electron chi connectivity index (χ1n) is 6.54. The smallest absolute Gasteiger partial charge is 0.0870 e. The third kappa shape index (κ3) is 2.87. The second-order valence-electron chi connectivity index (χ2n) is 5.34. The first kappa shape index (κ1) is 12.2. The number of hydrogen-bond acceptors (Lipinski definition) is 2. The van der Waals surface area contributed by atoms with Crippen LogP contribution in [0.2, 0.25) is 0 Å². The van der Waals surface area contributed by atoms with Crippen LogP contribution < -0.4 is 0 Å². The van der Waals surface area contributed by atoms with Crippen molar-refractivity contribution in [1.82, 2.24) is 0 Å². The minimum absolute atomic E-state index is 0.511. The van der Waals surface area contributed by atoms with E-state index in [9.17, 15) is 0 Å². The largest absolute Gasteiger partial charge is 0.411 e. The van der Waals surface area contributed by atoms with Crippen LogP contribution in [0.1, 0.15) is 49.8 Å². The maximum atomic E-state index is 9.12. The molecule has 2 nitrogen and oxygen atoms in total. The summed E-state index contributed by atoms with van der Waals surface area (Å²) in [4.78, 5) is 0. The van der Waals surface area contributed by atoms with Gasteiger partial charge in [0.1, 0.15) is 0 Å². The molecule has 92 valence electrons. The normalized spacial score (nSPS) is 16.1. The van der Waals surface area contributed by atoms with Gasteiger partial charge in [-0.1, -0.05) is 31.1 Å². The molecule has 17 heavy (non-hydrogen) atoms. The number of hydrogen-bond donors (Lipinski definition) is 1. The highest BCUT2D eigenvalue weighted by molar-refractivity contribution is 6.00. The van der Waals surface area contributed by atoms with Crippen molar-refractivity contribution in [3.63, 3.8) is 0 Å². The summed E-state index contributed by atoms with van der Waals surface area (Å²) in [7, 11) is 0. The molecule has 0 saturated heterocycles. The van der Waals surface area contributed by atoms with Crippen LogP contribution in [0.25, 0.3) is 0 Å². The number of benzene rings is 1. The molecule has 1 N–H and O–H groups in total. The Morgan fingerprint density at radius 3 is 2.59 bits per heavy atom. The van der Waals surface area contributed by atoms with Crippen LogP contribution in [-0.4, -0.2) is 10.9 Å². The molecule has 0 spiro atoms. The molecule has 0 bridgehead atoms. The Hall–Kier alpha value is -1.31. The molecule has 0 radical (unpaired) electrons. The maximum absolute atomic E-state index is 9.12. The first-order valence-corrected chi connectivity index (χ1v) is 6.54. The second kappa shape index (κ2) is 5.35. The average molecular weight is 231 g/mol. The fourth-order valence-corrected chi connectivity index (χ4v) is 2.52. The van der Waals surface area contributed by atoms with Gasteiger partial charge in [0.15, 0.2) is 0 Å². The van der Waals surface area contributed by atoms with E-state index in [4.69, 9.17) is 5.21 Å². The molecule has 1 aromatic rings. The Bertz CT molecular complexity index is 421. The fourth-order valence-electron chi connectivity index (χ4n) is 2.52. The summed E-state index contributed by atoms with van der Waals surface area (Å²) in [6, 6.07) is 6.52. The van der Waals surface area contributed by atoms with Gasteiger partial charge in [0.2, 0.25) is 0 Å². The van der Waals surface area contributed by atoms with Crippen molar-refractivity contribution in [2.75, 3.05) is 0 Å². The van der Waals surface area contributed by atoms with E-state index in [1.807, 2.05) is 0 Å². The lowest BCUT2D eigenvalue weighted by Gasteiger charge is -2.17. The van der Waals surface area contributed by atoms with Crippen LogP contribution in [0.4, 0.5) is 0 Å². The number of oxime groups is 1. The van der Waals surface area contributed by atoms with E-state index >= 15 is 0 Å². The molecule has 0 atom stereocenters. The number of rotatable bonds is 3. The highest BCUT2D eigenvalue weighted by atomic mass is 16.4. The minimum Gasteiger partial charge on any atom is -0.411 e. The summed E-state index contributed by atoms with van der Waals surface area (Å²) < 4.78 is 0. The summed E-state index contributed by atoms with van der Waals surface area (Å²) in [5, 5.41) is 12.6. The summed E-state index contributed by atoms with van der Waals surface area (Å²) in [5.41, 5.74) is 4.82. The van der Waals surface area contributed by atoms with Crippen LogP contribution >= 0.6 is 0 Å². The summed E-state index contributed by atoms with van der Waals surface area (Å²) >= 11 is 0. The zero-order chi connectivity index (χ0) is 12.3. The predicted molar refractivity (Wildman–Crippen MR) is 70.9 cm³/mol. The number of nitrogens with zero attached hydrogens (tertiary/aromatic N) is 1. The zero-order valence-corrected chi connectivity index (χ0v) is 10.7. The molecular weight excluding hydrogens is 210 g/mol. The molecule has 1 aromatic carbocycles. The van der Waals surface area contributed by atoms with Crippen molar-refractivity contribution in [3.8, 4) is 0 Å². The van der Waals surface area contributed by atoms with Crippen LogP contribution in [0, 0.1) is 5.92 Å². The van der Waals surface area contributed by atoms with Crippen molar-refractivity contribution in [2.24, 2.45) is 11.1 Å². The van der Waals surface area contributed by atoms with E-state index in [1.54, 1.807) is 0 Å². The van der Waals surface area contributed by atoms with Gasteiger partial charge < -0.3 is 5.21 Å². The Morgan fingerprint density at radius 2 is 1.94 bits per heavy atom. The molecule has 0 heterocycles. The van der Waals surface area contributed by atoms with Crippen molar-refractivity contribution in [2.45, 2.75) is 46.0 Å². The molecule has 0 aromatic heterocycles. The predicted octanol–water partition coefficient (Wildman–Crippen LogP) is 3.79. The molecule has 0 saturated carbocycles. The lowest BCUT2D eigenvalue weighted by molar-refractivity contribution is 0.317. The van der Waals surface area contributed by atoms with Crippen LogP contribution in [0.15, 0.2) is 23.4 Å². The lowest BCUT2D eigenvalue weighted by Crippen LogP contribution is -2.09. The van der Waals surface area contributed by atoms with Gasteiger partial charge in [0.25, 0.3) is 0 Å². The van der Waals surface area contributed by atoms with Gasteiger partial charge in [-0.15, -0.1) is 0 Å². The maximum Gasteiger partial charge on any atom is 0.0870 e. The molecule has 0 fully saturated rings. The number of fused-ring (bicyclic) bond motifs is 1. The standard InChI is InChI=1S/C15H21NO/c1-11(2)9-15(16-17)14-8-7-12-5-3-4-6-13(12)10-14/h7-8,10-11,17H,3-6,9H2,1-2H3. The van der Waals surface area contributed by atoms with Gasteiger partial charge in [-0.05, 0) is 60.8 Å². The third-order valence-corrected chi connectivity index (χ3v) is 3.40. The van der Waals surface area contributed by atoms with Gasteiger partial charge in [-0.25, -0.2) is 0 Å². The van der Waals surface area contributed by atoms with E-state index in [1.165, 1.54) is 36.8 Å². The summed E-state index contributed by atoms with van der Waals surface area (Å²) in [6.07, 6.45) is 5.79. The molecule has 0 unspecified atom stereocenters. The summed E-state index contributed by atoms with van der Waals surface area (Å²) in [5.74, 6) is 0.511. The van der Waals surface area contributed by atoms with Crippen molar-refractivity contribution < 1.29 is 5.21 Å². The fraction of sp³-hybridized carbons (Fsp3) is 0.533. The molecule has 2 rings (SSSR count). The monoisotopic (exact) mass is 231 g/mol. The highest BCUT2D eigenvalue weighted by Crippen LogP contribution is 2.23. The molecule has 1 aliphatic rings. The average Bonchev–Trinajstić information content (AvgIpc) is 2.35. The van der Waals surface area contributed by atoms with Crippen LogP contribution in [-0.2, 0) is 12.8 Å². The van der Waals surface area contributed by atoms with E-state index < -0.39 is 0 Å². The van der Waals surface area contributed by atoms with E-state index in [0.717, 1.165) is 17.7 Å². The lowest BCUT2D eigenvalue weighted by atomic mass is 9.88. The topological polar surface area (TPSA) is 32.6 Å². The van der Waals surface area contributed by atoms with Crippen molar-refractivity contribution in [3.05, 3.63) is 34.9 Å². The number of aryl methyl sites for hydroxylation is 2. The highest BCUT2D eigenvalue weighted by Gasteiger charge is 2.13. The van der Waals surface area contributed by atoms with Gasteiger partial charge in [0, 0.05) is 0 Å². The van der Waals surface area contributed by atoms with Crippen LogP contribution in [0.3, 0.4) is 0 Å². The van der Waals surface area contributed by atoms with Gasteiger partial charge in [-0.2, -0.15) is 0 Å². The Labute approximate surface area is 103 Å². The van der Waals surface area contributed by atoms with Crippen molar-refractivity contribution >= 4 is 5.71 Å². The third-order valence-electron chi connectivity index (χ3n) is 3.40. The van der Waals surface area contributed by atoms with E-state index in [-0.39, 0.29) is 0 Å². The van der Waals surface area contributed by atoms with Gasteiger partial charge in [0.05, 0.1) is 5.71 Å².